The Balaban J connectivity index is 1.82. The molecule has 1 unspecified atom stereocenters. The minimum Gasteiger partial charge on any atom is -0.478 e. The lowest BCUT2D eigenvalue weighted by molar-refractivity contribution is 0.0696. The summed E-state index contributed by atoms with van der Waals surface area (Å²) in [5.41, 5.74) is 1.69. The summed E-state index contributed by atoms with van der Waals surface area (Å²) in [5, 5.41) is 8.88. The Morgan fingerprint density at radius 1 is 1.18 bits per heavy atom. The number of aromatic carboxylic acids is 1. The average Bonchev–Trinajstić information content (AvgIpc) is 2.40. The van der Waals surface area contributed by atoms with Gasteiger partial charge in [0.05, 0.1) is 5.56 Å². The van der Waals surface area contributed by atoms with Gasteiger partial charge in [-0.1, -0.05) is 12.1 Å². The van der Waals surface area contributed by atoms with Crippen LogP contribution in [0, 0.1) is 5.92 Å². The van der Waals surface area contributed by atoms with Gasteiger partial charge < -0.3 is 10.0 Å². The topological polar surface area (TPSA) is 40.5 Å². The molecule has 0 aliphatic carbocycles. The number of hydrogen-bond acceptors (Lipinski definition) is 2. The van der Waals surface area contributed by atoms with Crippen LogP contribution >= 0.6 is 0 Å². The van der Waals surface area contributed by atoms with Gasteiger partial charge in [0.1, 0.15) is 0 Å². The number of carboxylic acid groups (broad SMARTS) is 1. The fourth-order valence-corrected chi connectivity index (χ4v) is 3.22. The fraction of sp³-hybridized carbons (Fsp3) is 0.500. The molecule has 0 radical (unpaired) electrons. The van der Waals surface area contributed by atoms with Crippen LogP contribution in [-0.2, 0) is 0 Å². The summed E-state index contributed by atoms with van der Waals surface area (Å²) in [6.45, 7) is 3.64. The third-order valence-corrected chi connectivity index (χ3v) is 4.24. The number of nitrogens with zero attached hydrogens (tertiary/aromatic N) is 1. The second-order valence-electron chi connectivity index (χ2n) is 5.17. The first-order valence-corrected chi connectivity index (χ1v) is 6.29. The number of carboxylic acids is 1. The molecule has 1 aromatic rings. The van der Waals surface area contributed by atoms with Crippen molar-refractivity contribution in [3.05, 3.63) is 35.4 Å². The lowest BCUT2D eigenvalue weighted by atomic mass is 9.75. The van der Waals surface area contributed by atoms with Gasteiger partial charge in [-0.2, -0.15) is 0 Å². The average molecular weight is 231 g/mol. The van der Waals surface area contributed by atoms with Crippen LogP contribution in [0.5, 0.6) is 0 Å². The summed E-state index contributed by atoms with van der Waals surface area (Å²) in [4.78, 5) is 13.3. The zero-order chi connectivity index (χ0) is 11.8. The number of hydrogen-bond donors (Lipinski definition) is 1. The van der Waals surface area contributed by atoms with E-state index in [4.69, 9.17) is 5.11 Å². The van der Waals surface area contributed by atoms with Crippen molar-refractivity contribution in [3.8, 4) is 0 Å². The SMILES string of the molecule is O=C(O)c1ccc(C2CN3CCC2CC3)cc1. The molecule has 3 saturated heterocycles. The minimum atomic E-state index is -0.842. The van der Waals surface area contributed by atoms with Gasteiger partial charge in [0, 0.05) is 6.54 Å². The molecule has 3 aliphatic heterocycles. The molecule has 3 nitrogen and oxygen atoms in total. The van der Waals surface area contributed by atoms with Crippen LogP contribution in [0.3, 0.4) is 0 Å². The molecule has 90 valence electrons. The van der Waals surface area contributed by atoms with Crippen molar-refractivity contribution in [1.82, 2.24) is 4.90 Å². The second-order valence-corrected chi connectivity index (χ2v) is 5.17. The zero-order valence-electron chi connectivity index (χ0n) is 9.80. The van der Waals surface area contributed by atoms with Crippen LogP contribution in [0.4, 0.5) is 0 Å². The third kappa shape index (κ3) is 1.95. The first-order chi connectivity index (χ1) is 8.24. The molecular formula is C14H17NO2. The molecule has 3 aliphatic rings. The first-order valence-electron chi connectivity index (χ1n) is 6.29. The van der Waals surface area contributed by atoms with E-state index >= 15 is 0 Å². The van der Waals surface area contributed by atoms with E-state index in [1.807, 2.05) is 12.1 Å². The number of rotatable bonds is 2. The van der Waals surface area contributed by atoms with Crippen LogP contribution in [0.15, 0.2) is 24.3 Å². The van der Waals surface area contributed by atoms with Gasteiger partial charge in [0.15, 0.2) is 0 Å². The van der Waals surface area contributed by atoms with Gasteiger partial charge in [-0.05, 0) is 55.5 Å². The lowest BCUT2D eigenvalue weighted by Gasteiger charge is -2.45. The number of piperidine rings is 3. The predicted octanol–water partition coefficient (Wildman–Crippen LogP) is 2.19. The maximum atomic E-state index is 10.8. The van der Waals surface area contributed by atoms with Crippen molar-refractivity contribution in [2.45, 2.75) is 18.8 Å². The van der Waals surface area contributed by atoms with Gasteiger partial charge in [0.2, 0.25) is 0 Å². The quantitative estimate of drug-likeness (QED) is 0.848. The zero-order valence-corrected chi connectivity index (χ0v) is 9.80. The summed E-state index contributed by atoms with van der Waals surface area (Å²) in [6.07, 6.45) is 2.59. The third-order valence-electron chi connectivity index (χ3n) is 4.24. The number of fused-ring (bicyclic) bond motifs is 3. The highest BCUT2D eigenvalue weighted by atomic mass is 16.4. The molecule has 0 spiro atoms. The first kappa shape index (κ1) is 10.8. The van der Waals surface area contributed by atoms with Gasteiger partial charge in [0.25, 0.3) is 0 Å². The van der Waals surface area contributed by atoms with Crippen molar-refractivity contribution in [1.29, 1.82) is 0 Å². The van der Waals surface area contributed by atoms with Crippen molar-refractivity contribution in [2.75, 3.05) is 19.6 Å². The molecule has 0 aromatic heterocycles. The molecular weight excluding hydrogens is 214 g/mol. The van der Waals surface area contributed by atoms with E-state index < -0.39 is 5.97 Å². The second kappa shape index (κ2) is 4.15. The summed E-state index contributed by atoms with van der Waals surface area (Å²) in [6, 6.07) is 7.45. The molecule has 17 heavy (non-hydrogen) atoms. The van der Waals surface area contributed by atoms with Crippen molar-refractivity contribution < 1.29 is 9.90 Å². The number of benzene rings is 1. The standard InChI is InChI=1S/C14H17NO2/c16-14(17)12-3-1-10(2-4-12)13-9-15-7-5-11(13)6-8-15/h1-4,11,13H,5-9H2,(H,16,17). The molecule has 3 heterocycles. The Morgan fingerprint density at radius 3 is 2.29 bits per heavy atom. The maximum Gasteiger partial charge on any atom is 0.335 e. The molecule has 1 aromatic carbocycles. The highest BCUT2D eigenvalue weighted by molar-refractivity contribution is 5.87. The van der Waals surface area contributed by atoms with Crippen LogP contribution in [0.25, 0.3) is 0 Å². The summed E-state index contributed by atoms with van der Waals surface area (Å²) >= 11 is 0. The minimum absolute atomic E-state index is 0.384. The monoisotopic (exact) mass is 231 g/mol. The fourth-order valence-electron chi connectivity index (χ4n) is 3.22. The maximum absolute atomic E-state index is 10.8. The predicted molar refractivity (Wildman–Crippen MR) is 65.3 cm³/mol. The summed E-state index contributed by atoms with van der Waals surface area (Å²) < 4.78 is 0. The Hall–Kier alpha value is -1.35. The smallest absolute Gasteiger partial charge is 0.335 e. The molecule has 3 heteroatoms. The van der Waals surface area contributed by atoms with Crippen LogP contribution in [-0.4, -0.2) is 35.6 Å². The van der Waals surface area contributed by atoms with E-state index in [9.17, 15) is 4.79 Å². The van der Waals surface area contributed by atoms with Crippen LogP contribution in [0.2, 0.25) is 0 Å². The molecule has 1 atom stereocenters. The Morgan fingerprint density at radius 2 is 1.82 bits per heavy atom. The highest BCUT2D eigenvalue weighted by Gasteiger charge is 2.34. The molecule has 2 bridgehead atoms. The molecule has 4 rings (SSSR count). The van der Waals surface area contributed by atoms with E-state index in [-0.39, 0.29) is 0 Å². The van der Waals surface area contributed by atoms with Crippen LogP contribution in [0.1, 0.15) is 34.7 Å². The van der Waals surface area contributed by atoms with E-state index in [1.54, 1.807) is 12.1 Å². The van der Waals surface area contributed by atoms with E-state index in [0.717, 1.165) is 12.5 Å². The van der Waals surface area contributed by atoms with Gasteiger partial charge in [-0.15, -0.1) is 0 Å². The number of carbonyl (C=O) groups is 1. The lowest BCUT2D eigenvalue weighted by Crippen LogP contribution is -2.46. The molecule has 0 amide bonds. The Bertz CT molecular complexity index is 418. The van der Waals surface area contributed by atoms with Gasteiger partial charge >= 0.3 is 5.97 Å². The highest BCUT2D eigenvalue weighted by Crippen LogP contribution is 2.38. The van der Waals surface area contributed by atoms with Crippen molar-refractivity contribution in [3.63, 3.8) is 0 Å². The van der Waals surface area contributed by atoms with Gasteiger partial charge in [-0.3, -0.25) is 0 Å². The van der Waals surface area contributed by atoms with Gasteiger partial charge in [-0.25, -0.2) is 4.79 Å². The molecule has 1 N–H and O–H groups in total. The normalized spacial score (nSPS) is 31.4. The summed E-state index contributed by atoms with van der Waals surface area (Å²) in [7, 11) is 0. The van der Waals surface area contributed by atoms with E-state index in [2.05, 4.69) is 4.90 Å². The van der Waals surface area contributed by atoms with E-state index in [1.165, 1.54) is 31.5 Å². The molecule has 3 fully saturated rings. The van der Waals surface area contributed by atoms with Crippen molar-refractivity contribution in [2.24, 2.45) is 5.92 Å². The van der Waals surface area contributed by atoms with Crippen molar-refractivity contribution >= 4 is 5.97 Å². The Kier molecular flexibility index (Phi) is 2.63. The van der Waals surface area contributed by atoms with E-state index in [0.29, 0.717) is 11.5 Å². The van der Waals surface area contributed by atoms with Crippen LogP contribution < -0.4 is 0 Å². The Labute approximate surface area is 101 Å². The summed E-state index contributed by atoms with van der Waals surface area (Å²) in [5.74, 6) is 0.571. The largest absolute Gasteiger partial charge is 0.478 e. The molecule has 0 saturated carbocycles.